The third kappa shape index (κ3) is 2.70. The zero-order chi connectivity index (χ0) is 12.8. The maximum atomic E-state index is 8.99. The van der Waals surface area contributed by atoms with Crippen molar-refractivity contribution in [1.82, 2.24) is 0 Å². The first kappa shape index (κ1) is 12.9. The largest absolute Gasteiger partial charge is 0.497 e. The molecule has 0 saturated carbocycles. The van der Waals surface area contributed by atoms with Crippen LogP contribution in [0.5, 0.6) is 11.5 Å². The number of nitriles is 1. The molecule has 0 atom stereocenters. The van der Waals surface area contributed by atoms with E-state index in [9.17, 15) is 0 Å². The molecule has 0 heterocycles. The number of allylic oxidation sites excluding steroid dienone is 1. The van der Waals surface area contributed by atoms with Gasteiger partial charge in [0.1, 0.15) is 11.5 Å². The topological polar surface area (TPSA) is 68.3 Å². The molecule has 1 rings (SSSR count). The van der Waals surface area contributed by atoms with Gasteiger partial charge < -0.3 is 15.2 Å². The van der Waals surface area contributed by atoms with Gasteiger partial charge in [0.05, 0.1) is 31.6 Å². The SMILES string of the molecule is CC/C(C#N)=C(/N)c1cc(OC)ccc1OC. The lowest BCUT2D eigenvalue weighted by Gasteiger charge is -2.11. The Morgan fingerprint density at radius 2 is 2.06 bits per heavy atom. The van der Waals surface area contributed by atoms with Gasteiger partial charge in [-0.3, -0.25) is 0 Å². The summed E-state index contributed by atoms with van der Waals surface area (Å²) in [7, 11) is 3.15. The van der Waals surface area contributed by atoms with Crippen LogP contribution >= 0.6 is 0 Å². The Bertz CT molecular complexity index is 473. The maximum Gasteiger partial charge on any atom is 0.128 e. The van der Waals surface area contributed by atoms with E-state index in [0.29, 0.717) is 34.8 Å². The van der Waals surface area contributed by atoms with Crippen molar-refractivity contribution in [2.24, 2.45) is 5.73 Å². The number of rotatable bonds is 4. The number of benzene rings is 1. The molecule has 1 aromatic rings. The van der Waals surface area contributed by atoms with E-state index in [4.69, 9.17) is 20.5 Å². The minimum Gasteiger partial charge on any atom is -0.497 e. The van der Waals surface area contributed by atoms with Crippen molar-refractivity contribution >= 4 is 5.70 Å². The molecule has 0 saturated heterocycles. The molecule has 0 aromatic heterocycles. The molecule has 0 unspecified atom stereocenters. The van der Waals surface area contributed by atoms with Crippen LogP contribution in [-0.2, 0) is 0 Å². The van der Waals surface area contributed by atoms with Gasteiger partial charge in [-0.1, -0.05) is 6.92 Å². The second-order valence-electron chi connectivity index (χ2n) is 3.42. The van der Waals surface area contributed by atoms with Gasteiger partial charge in [0.2, 0.25) is 0 Å². The molecule has 0 bridgehead atoms. The lowest BCUT2D eigenvalue weighted by Crippen LogP contribution is -2.03. The Labute approximate surface area is 101 Å². The highest BCUT2D eigenvalue weighted by molar-refractivity contribution is 5.74. The molecule has 4 nitrogen and oxygen atoms in total. The molecule has 1 aromatic carbocycles. The summed E-state index contributed by atoms with van der Waals surface area (Å²) in [4.78, 5) is 0. The Hall–Kier alpha value is -2.15. The van der Waals surface area contributed by atoms with Gasteiger partial charge in [-0.2, -0.15) is 5.26 Å². The molecule has 2 N–H and O–H groups in total. The minimum absolute atomic E-state index is 0.436. The van der Waals surface area contributed by atoms with Crippen LogP contribution in [0.25, 0.3) is 5.70 Å². The summed E-state index contributed by atoms with van der Waals surface area (Å²) in [6.07, 6.45) is 0.586. The van der Waals surface area contributed by atoms with Gasteiger partial charge in [-0.25, -0.2) is 0 Å². The summed E-state index contributed by atoms with van der Waals surface area (Å²) in [5.74, 6) is 1.31. The van der Waals surface area contributed by atoms with Crippen molar-refractivity contribution in [2.75, 3.05) is 14.2 Å². The first-order valence-corrected chi connectivity index (χ1v) is 5.29. The van der Waals surface area contributed by atoms with Crippen molar-refractivity contribution in [3.05, 3.63) is 29.3 Å². The Morgan fingerprint density at radius 1 is 1.35 bits per heavy atom. The summed E-state index contributed by atoms with van der Waals surface area (Å²) in [6.45, 7) is 1.89. The molecular formula is C13H16N2O2. The number of hydrogen-bond acceptors (Lipinski definition) is 4. The number of methoxy groups -OCH3 is 2. The molecule has 0 aliphatic heterocycles. The highest BCUT2D eigenvalue weighted by Gasteiger charge is 2.11. The predicted octanol–water partition coefficient (Wildman–Crippen LogP) is 2.31. The molecule has 0 aliphatic carbocycles. The first-order chi connectivity index (χ1) is 8.17. The summed E-state index contributed by atoms with van der Waals surface area (Å²) in [5.41, 5.74) is 7.64. The van der Waals surface area contributed by atoms with Gasteiger partial charge in [0, 0.05) is 5.56 Å². The van der Waals surface area contributed by atoms with Gasteiger partial charge >= 0.3 is 0 Å². The van der Waals surface area contributed by atoms with Crippen molar-refractivity contribution < 1.29 is 9.47 Å². The molecular weight excluding hydrogens is 216 g/mol. The van der Waals surface area contributed by atoms with E-state index in [2.05, 4.69) is 6.07 Å². The van der Waals surface area contributed by atoms with Crippen LogP contribution in [0, 0.1) is 11.3 Å². The number of hydrogen-bond donors (Lipinski definition) is 1. The predicted molar refractivity (Wildman–Crippen MR) is 66.6 cm³/mol. The third-order valence-electron chi connectivity index (χ3n) is 2.51. The normalized spacial score (nSPS) is 11.4. The van der Waals surface area contributed by atoms with Crippen LogP contribution in [-0.4, -0.2) is 14.2 Å². The standard InChI is InChI=1S/C13H16N2O2/c1-4-9(8-14)13(15)11-7-10(16-2)5-6-12(11)17-3/h5-7H,4,15H2,1-3H3/b13-9-. The zero-order valence-corrected chi connectivity index (χ0v) is 10.3. The average molecular weight is 232 g/mol. The fourth-order valence-electron chi connectivity index (χ4n) is 1.52. The Balaban J connectivity index is 3.38. The van der Waals surface area contributed by atoms with Crippen LogP contribution < -0.4 is 15.2 Å². The molecule has 0 radical (unpaired) electrons. The quantitative estimate of drug-likeness (QED) is 0.809. The highest BCUT2D eigenvalue weighted by atomic mass is 16.5. The van der Waals surface area contributed by atoms with Crippen LogP contribution in [0.2, 0.25) is 0 Å². The van der Waals surface area contributed by atoms with E-state index >= 15 is 0 Å². The molecule has 4 heteroatoms. The lowest BCUT2D eigenvalue weighted by molar-refractivity contribution is 0.402. The average Bonchev–Trinajstić information content (AvgIpc) is 2.39. The Kier molecular flexibility index (Phi) is 4.41. The number of ether oxygens (including phenoxy) is 2. The minimum atomic E-state index is 0.436. The van der Waals surface area contributed by atoms with Crippen molar-refractivity contribution in [3.63, 3.8) is 0 Å². The van der Waals surface area contributed by atoms with Crippen molar-refractivity contribution in [1.29, 1.82) is 5.26 Å². The summed E-state index contributed by atoms with van der Waals surface area (Å²) in [5, 5.41) is 8.99. The van der Waals surface area contributed by atoms with E-state index in [1.54, 1.807) is 32.4 Å². The molecule has 90 valence electrons. The van der Waals surface area contributed by atoms with E-state index in [-0.39, 0.29) is 0 Å². The smallest absolute Gasteiger partial charge is 0.128 e. The molecule has 0 fully saturated rings. The van der Waals surface area contributed by atoms with Gasteiger partial charge in [-0.15, -0.1) is 0 Å². The van der Waals surface area contributed by atoms with Crippen LogP contribution in [0.4, 0.5) is 0 Å². The monoisotopic (exact) mass is 232 g/mol. The van der Waals surface area contributed by atoms with Crippen LogP contribution in [0.1, 0.15) is 18.9 Å². The third-order valence-corrected chi connectivity index (χ3v) is 2.51. The highest BCUT2D eigenvalue weighted by Crippen LogP contribution is 2.29. The Morgan fingerprint density at radius 3 is 2.53 bits per heavy atom. The molecule has 17 heavy (non-hydrogen) atoms. The second-order valence-corrected chi connectivity index (χ2v) is 3.42. The van der Waals surface area contributed by atoms with E-state index < -0.39 is 0 Å². The van der Waals surface area contributed by atoms with E-state index in [1.165, 1.54) is 0 Å². The summed E-state index contributed by atoms with van der Waals surface area (Å²) < 4.78 is 10.4. The van der Waals surface area contributed by atoms with Crippen LogP contribution in [0.15, 0.2) is 23.8 Å². The molecule has 0 aliphatic rings. The maximum absolute atomic E-state index is 8.99. The number of nitrogens with zero attached hydrogens (tertiary/aromatic N) is 1. The fraction of sp³-hybridized carbons (Fsp3) is 0.308. The van der Waals surface area contributed by atoms with E-state index in [1.807, 2.05) is 6.92 Å². The fourth-order valence-corrected chi connectivity index (χ4v) is 1.52. The second kappa shape index (κ2) is 5.80. The summed E-state index contributed by atoms with van der Waals surface area (Å²) in [6, 6.07) is 7.42. The molecule has 0 amide bonds. The van der Waals surface area contributed by atoms with Crippen LogP contribution in [0.3, 0.4) is 0 Å². The van der Waals surface area contributed by atoms with Crippen molar-refractivity contribution in [2.45, 2.75) is 13.3 Å². The van der Waals surface area contributed by atoms with Crippen molar-refractivity contribution in [3.8, 4) is 17.6 Å². The van der Waals surface area contributed by atoms with Gasteiger partial charge in [0.15, 0.2) is 0 Å². The van der Waals surface area contributed by atoms with Gasteiger partial charge in [0.25, 0.3) is 0 Å². The zero-order valence-electron chi connectivity index (χ0n) is 10.3. The number of nitrogens with two attached hydrogens (primary N) is 1. The lowest BCUT2D eigenvalue weighted by atomic mass is 10.0. The van der Waals surface area contributed by atoms with Gasteiger partial charge in [-0.05, 0) is 24.6 Å². The summed E-state index contributed by atoms with van der Waals surface area (Å²) >= 11 is 0. The first-order valence-electron chi connectivity index (χ1n) is 5.29. The van der Waals surface area contributed by atoms with E-state index in [0.717, 1.165) is 0 Å². The molecule has 0 spiro atoms.